The molecule has 62 valence electrons. The van der Waals surface area contributed by atoms with Crippen LogP contribution in [0.1, 0.15) is 0 Å². The zero-order valence-corrected chi connectivity index (χ0v) is 7.33. The summed E-state index contributed by atoms with van der Waals surface area (Å²) < 4.78 is 0. The van der Waals surface area contributed by atoms with Gasteiger partial charge in [-0.1, -0.05) is 23.2 Å². The minimum Gasteiger partial charge on any atom is -0.304 e. The predicted molar refractivity (Wildman–Crippen MR) is 48.9 cm³/mol. The fraction of sp³-hybridized carbons (Fsp3) is 0. The van der Waals surface area contributed by atoms with Crippen molar-refractivity contribution >= 4 is 34.2 Å². The summed E-state index contributed by atoms with van der Waals surface area (Å²) in [4.78, 5) is 15.9. The summed E-state index contributed by atoms with van der Waals surface area (Å²) >= 11 is 11.6. The molecule has 0 aliphatic carbocycles. The Labute approximate surface area is 77.3 Å². The molecule has 2 rings (SSSR count). The molecule has 0 radical (unpaired) electrons. The molecule has 0 saturated heterocycles. The van der Waals surface area contributed by atoms with Gasteiger partial charge in [-0.05, 0) is 12.1 Å². The van der Waals surface area contributed by atoms with E-state index < -0.39 is 0 Å². The van der Waals surface area contributed by atoms with Gasteiger partial charge in [-0.15, -0.1) is 0 Å². The summed E-state index contributed by atoms with van der Waals surface area (Å²) in [6.07, 6.45) is 0. The van der Waals surface area contributed by atoms with E-state index in [-0.39, 0.29) is 5.69 Å². The number of aromatic nitrogens is 2. The normalized spacial score (nSPS) is 10.8. The van der Waals surface area contributed by atoms with Crippen molar-refractivity contribution in [3.8, 4) is 0 Å². The molecule has 0 fully saturated rings. The Morgan fingerprint density at radius 1 is 1.00 bits per heavy atom. The average molecular weight is 203 g/mol. The maximum atomic E-state index is 10.9. The highest BCUT2D eigenvalue weighted by Crippen LogP contribution is 2.25. The molecule has 3 nitrogen and oxygen atoms in total. The number of hydrogen-bond acceptors (Lipinski definition) is 1. The number of imidazole rings is 1. The number of halogens is 2. The highest BCUT2D eigenvalue weighted by Gasteiger charge is 2.05. The minimum absolute atomic E-state index is 0.306. The highest BCUT2D eigenvalue weighted by molar-refractivity contribution is 6.39. The molecule has 0 spiro atoms. The third kappa shape index (κ3) is 1.02. The number of nitrogens with one attached hydrogen (secondary N) is 2. The van der Waals surface area contributed by atoms with Crippen molar-refractivity contribution in [3.63, 3.8) is 0 Å². The van der Waals surface area contributed by atoms with Gasteiger partial charge in [0.05, 0.1) is 21.1 Å². The van der Waals surface area contributed by atoms with Crippen molar-refractivity contribution in [3.05, 3.63) is 32.7 Å². The van der Waals surface area contributed by atoms with E-state index in [4.69, 9.17) is 23.2 Å². The first-order chi connectivity index (χ1) is 5.68. The molecular formula is C7H4Cl2N2O. The van der Waals surface area contributed by atoms with Crippen molar-refractivity contribution in [2.24, 2.45) is 0 Å². The Bertz CT molecular complexity index is 444. The van der Waals surface area contributed by atoms with Crippen LogP contribution in [0.25, 0.3) is 11.0 Å². The molecule has 0 unspecified atom stereocenters. The molecule has 0 saturated carbocycles. The zero-order chi connectivity index (χ0) is 8.72. The molecule has 1 heterocycles. The molecule has 12 heavy (non-hydrogen) atoms. The van der Waals surface area contributed by atoms with Crippen LogP contribution < -0.4 is 5.69 Å². The largest absolute Gasteiger partial charge is 0.323 e. The molecule has 2 N–H and O–H groups in total. The smallest absolute Gasteiger partial charge is 0.304 e. The first kappa shape index (κ1) is 7.71. The second-order valence-electron chi connectivity index (χ2n) is 2.36. The molecule has 2 aromatic rings. The Morgan fingerprint density at radius 3 is 1.83 bits per heavy atom. The molecule has 1 aromatic carbocycles. The topological polar surface area (TPSA) is 48.6 Å². The zero-order valence-electron chi connectivity index (χ0n) is 5.82. The highest BCUT2D eigenvalue weighted by atomic mass is 35.5. The van der Waals surface area contributed by atoms with E-state index in [9.17, 15) is 4.79 Å². The van der Waals surface area contributed by atoms with E-state index in [1.165, 1.54) is 0 Å². The number of hydrogen-bond donors (Lipinski definition) is 2. The van der Waals surface area contributed by atoms with Crippen molar-refractivity contribution in [1.29, 1.82) is 0 Å². The standard InChI is InChI=1S/C7H4Cl2N2O/c8-3-1-2-4(9)6-5(3)10-7(12)11-6/h1-2H,(H2,10,11,12). The van der Waals surface area contributed by atoms with Gasteiger partial charge >= 0.3 is 5.69 Å². The van der Waals surface area contributed by atoms with Gasteiger partial charge in [0.1, 0.15) is 0 Å². The van der Waals surface area contributed by atoms with Crippen LogP contribution in [-0.4, -0.2) is 9.97 Å². The lowest BCUT2D eigenvalue weighted by Crippen LogP contribution is -1.99. The molecule has 0 bridgehead atoms. The third-order valence-electron chi connectivity index (χ3n) is 1.58. The van der Waals surface area contributed by atoms with Crippen LogP contribution in [0.4, 0.5) is 0 Å². The third-order valence-corrected chi connectivity index (χ3v) is 2.21. The van der Waals surface area contributed by atoms with Gasteiger partial charge in [-0.25, -0.2) is 4.79 Å². The van der Waals surface area contributed by atoms with Gasteiger partial charge in [-0.3, -0.25) is 0 Å². The van der Waals surface area contributed by atoms with Gasteiger partial charge in [-0.2, -0.15) is 0 Å². The van der Waals surface area contributed by atoms with Gasteiger partial charge in [0, 0.05) is 0 Å². The molecule has 5 heteroatoms. The van der Waals surface area contributed by atoms with Crippen LogP contribution in [-0.2, 0) is 0 Å². The predicted octanol–water partition coefficient (Wildman–Crippen LogP) is 2.16. The SMILES string of the molecule is O=c1[nH]c2c(Cl)ccc(Cl)c2[nH]1. The lowest BCUT2D eigenvalue weighted by atomic mass is 10.3. The van der Waals surface area contributed by atoms with Crippen LogP contribution in [0.5, 0.6) is 0 Å². The Morgan fingerprint density at radius 2 is 1.42 bits per heavy atom. The monoisotopic (exact) mass is 202 g/mol. The maximum absolute atomic E-state index is 10.9. The number of rotatable bonds is 0. The molecule has 0 aliphatic rings. The second kappa shape index (κ2) is 2.54. The van der Waals surface area contributed by atoms with E-state index in [0.29, 0.717) is 21.1 Å². The van der Waals surface area contributed by atoms with Crippen molar-refractivity contribution < 1.29 is 0 Å². The van der Waals surface area contributed by atoms with Gasteiger partial charge in [0.25, 0.3) is 0 Å². The summed E-state index contributed by atoms with van der Waals surface area (Å²) in [5.41, 5.74) is 0.795. The summed E-state index contributed by atoms with van der Waals surface area (Å²) in [7, 11) is 0. The number of H-pyrrole nitrogens is 2. The van der Waals surface area contributed by atoms with Gasteiger partial charge < -0.3 is 9.97 Å². The number of aromatic amines is 2. The summed E-state index contributed by atoms with van der Waals surface area (Å²) in [6, 6.07) is 3.27. The minimum atomic E-state index is -0.306. The molecule has 0 amide bonds. The summed E-state index contributed by atoms with van der Waals surface area (Å²) in [5, 5.41) is 0.959. The lowest BCUT2D eigenvalue weighted by molar-refractivity contribution is 1.21. The number of benzene rings is 1. The molecule has 0 aliphatic heterocycles. The first-order valence-corrected chi connectivity index (χ1v) is 4.00. The van der Waals surface area contributed by atoms with Crippen LogP contribution in [0.2, 0.25) is 10.0 Å². The quantitative estimate of drug-likeness (QED) is 0.677. The van der Waals surface area contributed by atoms with Crippen LogP contribution in [0.3, 0.4) is 0 Å². The van der Waals surface area contributed by atoms with Gasteiger partial charge in [0.15, 0.2) is 0 Å². The van der Waals surface area contributed by atoms with Crippen LogP contribution in [0.15, 0.2) is 16.9 Å². The fourth-order valence-corrected chi connectivity index (χ4v) is 1.46. The Balaban J connectivity index is 3.03. The fourth-order valence-electron chi connectivity index (χ4n) is 1.05. The summed E-state index contributed by atoms with van der Waals surface area (Å²) in [5.74, 6) is 0. The summed E-state index contributed by atoms with van der Waals surface area (Å²) in [6.45, 7) is 0. The van der Waals surface area contributed by atoms with Gasteiger partial charge in [0.2, 0.25) is 0 Å². The van der Waals surface area contributed by atoms with E-state index >= 15 is 0 Å². The van der Waals surface area contributed by atoms with Crippen molar-refractivity contribution in [2.75, 3.05) is 0 Å². The van der Waals surface area contributed by atoms with Crippen molar-refractivity contribution in [1.82, 2.24) is 9.97 Å². The molecule has 0 atom stereocenters. The van der Waals surface area contributed by atoms with E-state index in [1.54, 1.807) is 12.1 Å². The Hall–Kier alpha value is -0.930. The Kier molecular flexibility index (Phi) is 1.63. The van der Waals surface area contributed by atoms with E-state index in [0.717, 1.165) is 0 Å². The molecule has 1 aromatic heterocycles. The average Bonchev–Trinajstić information content (AvgIpc) is 2.41. The van der Waals surface area contributed by atoms with Crippen LogP contribution >= 0.6 is 23.2 Å². The second-order valence-corrected chi connectivity index (χ2v) is 3.17. The van der Waals surface area contributed by atoms with E-state index in [1.807, 2.05) is 0 Å². The molecular weight excluding hydrogens is 199 g/mol. The van der Waals surface area contributed by atoms with E-state index in [2.05, 4.69) is 9.97 Å². The lowest BCUT2D eigenvalue weighted by Gasteiger charge is -1.93. The van der Waals surface area contributed by atoms with Crippen molar-refractivity contribution in [2.45, 2.75) is 0 Å². The van der Waals surface area contributed by atoms with Crippen LogP contribution in [0, 0.1) is 0 Å². The maximum Gasteiger partial charge on any atom is 0.323 e. The number of fused-ring (bicyclic) bond motifs is 1. The first-order valence-electron chi connectivity index (χ1n) is 3.24.